The number of benzene rings is 3. The molecule has 0 saturated carbocycles. The molecule has 0 unspecified atom stereocenters. The number of alkyl halides is 9. The Morgan fingerprint density at radius 3 is 1.05 bits per heavy atom. The maximum Gasteiger partial charge on any atom is 0.460 e. The van der Waals surface area contributed by atoms with Gasteiger partial charge in [-0.05, 0) is 83.1 Å². The van der Waals surface area contributed by atoms with E-state index in [-0.39, 0.29) is 0 Å². The van der Waals surface area contributed by atoms with Crippen molar-refractivity contribution in [2.24, 2.45) is 0 Å². The van der Waals surface area contributed by atoms with Gasteiger partial charge in [0.1, 0.15) is 17.2 Å². The van der Waals surface area contributed by atoms with Gasteiger partial charge in [0.2, 0.25) is 0 Å². The van der Waals surface area contributed by atoms with Gasteiger partial charge < -0.3 is 15.3 Å². The predicted octanol–water partition coefficient (Wildman–Crippen LogP) is 6.77. The summed E-state index contributed by atoms with van der Waals surface area (Å²) in [5.74, 6) is -16.5. The van der Waals surface area contributed by atoms with Crippen LogP contribution in [0.1, 0.15) is 0 Å². The molecule has 3 aromatic rings. The van der Waals surface area contributed by atoms with Crippen LogP contribution in [-0.2, 0) is 13.7 Å². The largest absolute Gasteiger partial charge is 0.508 e. The number of phenols is 3. The van der Waals surface area contributed by atoms with E-state index in [0.29, 0.717) is 0 Å². The molecule has 0 spiro atoms. The van der Waals surface area contributed by atoms with Gasteiger partial charge >= 0.3 is 33.4 Å². The maximum absolute atomic E-state index is 14.7. The van der Waals surface area contributed by atoms with Crippen molar-refractivity contribution in [2.75, 3.05) is 0 Å². The summed E-state index contributed by atoms with van der Waals surface area (Å²) in [4.78, 5) is -1.37. The average molecular weight is 610 g/mol. The van der Waals surface area contributed by atoms with Crippen molar-refractivity contribution in [2.45, 2.75) is 38.0 Å². The second-order valence-corrected chi connectivity index (χ2v) is 12.2. The fourth-order valence-corrected chi connectivity index (χ4v) is 8.31. The van der Waals surface area contributed by atoms with E-state index < -0.39 is 75.6 Å². The number of aromatic hydroxyl groups is 3. The van der Waals surface area contributed by atoms with Gasteiger partial charge in [0.25, 0.3) is 0 Å². The van der Waals surface area contributed by atoms with Crippen LogP contribution in [0, 0.1) is 0 Å². The van der Waals surface area contributed by atoms with E-state index in [1.54, 1.807) is 0 Å². The van der Waals surface area contributed by atoms with Gasteiger partial charge in [0.05, 0.1) is 0 Å². The fraction of sp³-hybridized carbons (Fsp3) is 0.182. The van der Waals surface area contributed by atoms with Gasteiger partial charge in [-0.25, -0.2) is 3.63 Å². The SMILES string of the molecule is O=S(=O)(OS(c1ccc(O)cc1)(c1ccc(O)cc1)c1ccc(O)cc1)C(F)(F)C(F)(F)C(F)(F)C(F)(F)F. The Morgan fingerprint density at radius 1 is 0.513 bits per heavy atom. The molecule has 0 radical (unpaired) electrons. The van der Waals surface area contributed by atoms with E-state index in [4.69, 9.17) is 0 Å². The summed E-state index contributed by atoms with van der Waals surface area (Å²) in [6.07, 6.45) is -7.29. The van der Waals surface area contributed by atoms with Crippen LogP contribution in [0.2, 0.25) is 0 Å². The van der Waals surface area contributed by atoms with Crippen LogP contribution in [0.4, 0.5) is 39.5 Å². The molecular weight excluding hydrogens is 595 g/mol. The van der Waals surface area contributed by atoms with Gasteiger partial charge in [-0.1, -0.05) is 0 Å². The molecule has 214 valence electrons. The molecule has 3 N–H and O–H groups in total. The second-order valence-electron chi connectivity index (χ2n) is 7.72. The molecule has 17 heteroatoms. The van der Waals surface area contributed by atoms with Crippen LogP contribution < -0.4 is 0 Å². The molecule has 0 amide bonds. The van der Waals surface area contributed by atoms with E-state index in [0.717, 1.165) is 72.8 Å². The quantitative estimate of drug-likeness (QED) is 0.243. The topological polar surface area (TPSA) is 104 Å². The first-order valence-electron chi connectivity index (χ1n) is 10.1. The molecule has 0 aliphatic heterocycles. The normalized spacial score (nSPS) is 14.3. The van der Waals surface area contributed by atoms with Crippen molar-refractivity contribution in [1.29, 1.82) is 0 Å². The lowest BCUT2D eigenvalue weighted by atomic mass is 10.1. The first-order chi connectivity index (χ1) is 17.7. The van der Waals surface area contributed by atoms with Gasteiger partial charge in [-0.15, -0.1) is 0 Å². The third-order valence-corrected chi connectivity index (χ3v) is 10.4. The highest BCUT2D eigenvalue weighted by molar-refractivity contribution is 8.33. The lowest BCUT2D eigenvalue weighted by Crippen LogP contribution is -2.63. The molecule has 3 rings (SSSR count). The molecule has 0 aliphatic carbocycles. The molecule has 0 bridgehead atoms. The highest BCUT2D eigenvalue weighted by atomic mass is 32.3. The van der Waals surface area contributed by atoms with Gasteiger partial charge in [0.15, 0.2) is 0 Å². The standard InChI is InChI=1S/C22H15F9O6S2/c23-19(24,21(27,28)29)20(25,26)22(30,31)39(35,36)37-38(16-7-1-13(32)2-8-16,17-9-3-14(33)4-10-17)18-11-5-15(34)6-12-18/h1-12,32-34H. The van der Waals surface area contributed by atoms with Crippen LogP contribution in [-0.4, -0.2) is 47.0 Å². The van der Waals surface area contributed by atoms with Crippen molar-refractivity contribution < 1.29 is 66.9 Å². The minimum atomic E-state index is -7.55. The molecule has 0 fully saturated rings. The summed E-state index contributed by atoms with van der Waals surface area (Å²) in [6, 6.07) is 10.7. The molecule has 6 nitrogen and oxygen atoms in total. The van der Waals surface area contributed by atoms with Gasteiger partial charge in [-0.2, -0.15) is 47.9 Å². The van der Waals surface area contributed by atoms with Crippen molar-refractivity contribution in [3.05, 3.63) is 72.8 Å². The smallest absolute Gasteiger partial charge is 0.460 e. The lowest BCUT2D eigenvalue weighted by molar-refractivity contribution is -0.382. The number of phenolic OH excluding ortho intramolecular Hbond substituents is 3. The van der Waals surface area contributed by atoms with Crippen molar-refractivity contribution in [3.63, 3.8) is 0 Å². The van der Waals surface area contributed by atoms with Gasteiger partial charge in [0, 0.05) is 14.7 Å². The molecule has 0 aromatic heterocycles. The summed E-state index contributed by atoms with van der Waals surface area (Å²) in [5.41, 5.74) is 0. The lowest BCUT2D eigenvalue weighted by Gasteiger charge is -2.41. The highest BCUT2D eigenvalue weighted by Gasteiger charge is 2.86. The van der Waals surface area contributed by atoms with Crippen LogP contribution in [0.5, 0.6) is 17.2 Å². The summed E-state index contributed by atoms with van der Waals surface area (Å²) >= 11 is 0. The van der Waals surface area contributed by atoms with Crippen LogP contribution in [0.3, 0.4) is 0 Å². The maximum atomic E-state index is 14.7. The van der Waals surface area contributed by atoms with Gasteiger partial charge in [-0.3, -0.25) is 0 Å². The average Bonchev–Trinajstić information content (AvgIpc) is 2.83. The Kier molecular flexibility index (Phi) is 7.52. The van der Waals surface area contributed by atoms with Crippen molar-refractivity contribution >= 4 is 20.4 Å². The zero-order chi connectivity index (χ0) is 29.7. The second kappa shape index (κ2) is 9.71. The highest BCUT2D eigenvalue weighted by Crippen LogP contribution is 2.71. The molecule has 0 atom stereocenters. The van der Waals surface area contributed by atoms with E-state index in [1.165, 1.54) is 0 Å². The minimum Gasteiger partial charge on any atom is -0.508 e. The number of rotatable bonds is 8. The molecule has 0 aliphatic rings. The first-order valence-corrected chi connectivity index (χ1v) is 13.0. The Morgan fingerprint density at radius 2 is 0.795 bits per heavy atom. The molecule has 39 heavy (non-hydrogen) atoms. The summed E-state index contributed by atoms with van der Waals surface area (Å²) in [7, 11) is -11.7. The molecule has 0 saturated heterocycles. The zero-order valence-corrected chi connectivity index (χ0v) is 20.3. The van der Waals surface area contributed by atoms with Crippen LogP contribution in [0.25, 0.3) is 0 Å². The third-order valence-electron chi connectivity index (χ3n) is 5.13. The Hall–Kier alpha value is -3.31. The summed E-state index contributed by atoms with van der Waals surface area (Å²) in [6.45, 7) is 0. The van der Waals surface area contributed by atoms with E-state index in [2.05, 4.69) is 3.63 Å². The molecule has 0 heterocycles. The van der Waals surface area contributed by atoms with Crippen molar-refractivity contribution in [3.8, 4) is 17.2 Å². The first kappa shape index (κ1) is 30.2. The monoisotopic (exact) mass is 610 g/mol. The Bertz CT molecular complexity index is 1310. The third kappa shape index (κ3) is 4.93. The summed E-state index contributed by atoms with van der Waals surface area (Å²) in [5, 5.41) is 21.8. The van der Waals surface area contributed by atoms with E-state index in [1.807, 2.05) is 0 Å². The zero-order valence-electron chi connectivity index (χ0n) is 18.7. The predicted molar refractivity (Wildman–Crippen MR) is 118 cm³/mol. The summed E-state index contributed by atoms with van der Waals surface area (Å²) < 4.78 is 153. The fourth-order valence-electron chi connectivity index (χ4n) is 3.13. The number of halogens is 9. The van der Waals surface area contributed by atoms with Crippen molar-refractivity contribution in [1.82, 2.24) is 0 Å². The number of hydrogen-bond donors (Lipinski definition) is 3. The molecular formula is C22H15F9O6S2. The van der Waals surface area contributed by atoms with Crippen LogP contribution >= 0.6 is 10.3 Å². The Balaban J connectivity index is 2.38. The number of hydrogen-bond acceptors (Lipinski definition) is 6. The van der Waals surface area contributed by atoms with E-state index in [9.17, 15) is 63.3 Å². The minimum absolute atomic E-state index is 0.457. The Labute approximate surface area is 215 Å². The molecule has 3 aromatic carbocycles. The van der Waals surface area contributed by atoms with Crippen LogP contribution in [0.15, 0.2) is 87.5 Å². The van der Waals surface area contributed by atoms with E-state index >= 15 is 0 Å².